The van der Waals surface area contributed by atoms with Crippen LogP contribution in [0.1, 0.15) is 45.6 Å². The molecule has 36 heavy (non-hydrogen) atoms. The van der Waals surface area contributed by atoms with E-state index in [9.17, 15) is 14.9 Å². The highest BCUT2D eigenvalue weighted by atomic mass is 16.6. The van der Waals surface area contributed by atoms with E-state index in [1.54, 1.807) is 6.07 Å². The van der Waals surface area contributed by atoms with Gasteiger partial charge in [0.15, 0.2) is 0 Å². The first kappa shape index (κ1) is 25.9. The van der Waals surface area contributed by atoms with E-state index in [2.05, 4.69) is 65.1 Å². The van der Waals surface area contributed by atoms with Gasteiger partial charge in [-0.2, -0.15) is 0 Å². The van der Waals surface area contributed by atoms with Crippen molar-refractivity contribution in [1.82, 2.24) is 14.8 Å². The predicted octanol–water partition coefficient (Wildman–Crippen LogP) is 3.90. The molecule has 9 heteroatoms. The van der Waals surface area contributed by atoms with Crippen molar-refractivity contribution in [3.05, 3.63) is 58.3 Å². The monoisotopic (exact) mass is 494 g/mol. The highest BCUT2D eigenvalue weighted by Gasteiger charge is 2.24. The lowest BCUT2D eigenvalue weighted by Gasteiger charge is -2.37. The van der Waals surface area contributed by atoms with Crippen molar-refractivity contribution in [2.45, 2.75) is 51.5 Å². The van der Waals surface area contributed by atoms with Gasteiger partial charge in [0, 0.05) is 70.0 Å². The Morgan fingerprint density at radius 2 is 1.69 bits per heavy atom. The summed E-state index contributed by atoms with van der Waals surface area (Å²) in [5.74, 6) is 0.858. The van der Waals surface area contributed by atoms with Crippen LogP contribution in [0.3, 0.4) is 0 Å². The maximum atomic E-state index is 12.8. The number of likely N-dealkylation sites (tertiary alicyclic amines) is 1. The van der Waals surface area contributed by atoms with Gasteiger partial charge in [-0.3, -0.25) is 19.8 Å². The molecule has 1 aromatic carbocycles. The fourth-order valence-corrected chi connectivity index (χ4v) is 4.88. The van der Waals surface area contributed by atoms with Crippen molar-refractivity contribution in [1.29, 1.82) is 0 Å². The number of hydrogen-bond acceptors (Lipinski definition) is 7. The quantitative estimate of drug-likeness (QED) is 0.461. The number of anilines is 2. The van der Waals surface area contributed by atoms with E-state index in [1.165, 1.54) is 23.5 Å². The molecule has 2 saturated heterocycles. The van der Waals surface area contributed by atoms with Crippen LogP contribution in [0.2, 0.25) is 0 Å². The van der Waals surface area contributed by atoms with Gasteiger partial charge in [0.1, 0.15) is 12.0 Å². The van der Waals surface area contributed by atoms with Gasteiger partial charge in [0.2, 0.25) is 5.91 Å². The Hall–Kier alpha value is -3.20. The van der Waals surface area contributed by atoms with Gasteiger partial charge in [-0.25, -0.2) is 4.98 Å². The molecular formula is C27H38N6O3. The third-order valence-corrected chi connectivity index (χ3v) is 7.27. The lowest BCUT2D eigenvalue weighted by molar-refractivity contribution is -0.385. The summed E-state index contributed by atoms with van der Waals surface area (Å²) < 4.78 is 0. The van der Waals surface area contributed by atoms with E-state index in [-0.39, 0.29) is 23.1 Å². The van der Waals surface area contributed by atoms with Crippen LogP contribution >= 0.6 is 0 Å². The summed E-state index contributed by atoms with van der Waals surface area (Å²) in [6.45, 7) is 12.9. The average molecular weight is 495 g/mol. The highest BCUT2D eigenvalue weighted by Crippen LogP contribution is 2.25. The number of pyridine rings is 1. The Morgan fingerprint density at radius 1 is 1.03 bits per heavy atom. The molecule has 9 nitrogen and oxygen atoms in total. The molecule has 1 amide bonds. The molecule has 2 fully saturated rings. The number of piperidine rings is 1. The summed E-state index contributed by atoms with van der Waals surface area (Å²) >= 11 is 0. The third-order valence-electron chi connectivity index (χ3n) is 7.27. The number of piperazine rings is 1. The zero-order chi connectivity index (χ0) is 25.7. The first-order valence-electron chi connectivity index (χ1n) is 12.9. The molecule has 0 aliphatic carbocycles. The molecule has 0 atom stereocenters. The molecule has 1 N–H and O–H groups in total. The first-order chi connectivity index (χ1) is 17.2. The van der Waals surface area contributed by atoms with Gasteiger partial charge in [-0.05, 0) is 42.0 Å². The Balaban J connectivity index is 1.15. The Labute approximate surface area is 213 Å². The van der Waals surface area contributed by atoms with E-state index in [0.717, 1.165) is 58.7 Å². The average Bonchev–Trinajstić information content (AvgIpc) is 2.88. The van der Waals surface area contributed by atoms with Crippen LogP contribution < -0.4 is 10.2 Å². The smallest absolute Gasteiger partial charge is 0.287 e. The molecule has 2 aromatic rings. The summed E-state index contributed by atoms with van der Waals surface area (Å²) in [5.41, 5.74) is 2.78. The maximum Gasteiger partial charge on any atom is 0.287 e. The Morgan fingerprint density at radius 3 is 2.25 bits per heavy atom. The topological polar surface area (TPSA) is 94.8 Å². The minimum atomic E-state index is -0.452. The van der Waals surface area contributed by atoms with Crippen molar-refractivity contribution >= 4 is 23.1 Å². The van der Waals surface area contributed by atoms with E-state index in [0.29, 0.717) is 12.2 Å². The number of rotatable bonds is 7. The SMILES string of the molecule is CC(C)(C)c1ccc(N2CCN(CCC(=O)N3CCC(Nc4ccc([N+](=O)[O-])cn4)CC3)CC2)cc1. The normalized spacial score (nSPS) is 17.8. The molecule has 2 aliphatic rings. The third kappa shape index (κ3) is 6.72. The second kappa shape index (κ2) is 11.2. The molecule has 0 spiro atoms. The predicted molar refractivity (Wildman–Crippen MR) is 143 cm³/mol. The number of nitro groups is 1. The van der Waals surface area contributed by atoms with Crippen LogP contribution in [0.25, 0.3) is 0 Å². The molecular weight excluding hydrogens is 456 g/mol. The standard InChI is InChI=1S/C27H38N6O3/c1-27(2,3)21-4-6-23(7-5-21)31-18-16-30(17-19-31)13-12-26(34)32-14-10-22(11-15-32)29-25-9-8-24(20-28-25)33(35)36/h4-9,20,22H,10-19H2,1-3H3,(H,28,29). The second-order valence-electron chi connectivity index (χ2n) is 10.8. The number of carbonyl (C=O) groups is 1. The van der Waals surface area contributed by atoms with Crippen molar-refractivity contribution in [2.75, 3.05) is 56.0 Å². The number of amides is 1. The molecule has 1 aromatic heterocycles. The second-order valence-corrected chi connectivity index (χ2v) is 10.8. The molecule has 0 unspecified atom stereocenters. The first-order valence-corrected chi connectivity index (χ1v) is 12.9. The van der Waals surface area contributed by atoms with Crippen molar-refractivity contribution in [3.63, 3.8) is 0 Å². The molecule has 3 heterocycles. The molecule has 194 valence electrons. The maximum absolute atomic E-state index is 12.8. The van der Waals surface area contributed by atoms with Crippen LogP contribution in [-0.4, -0.2) is 77.5 Å². The minimum Gasteiger partial charge on any atom is -0.369 e. The minimum absolute atomic E-state index is 0.0165. The van der Waals surface area contributed by atoms with Crippen LogP contribution in [-0.2, 0) is 10.2 Å². The van der Waals surface area contributed by atoms with Gasteiger partial charge in [-0.15, -0.1) is 0 Å². The van der Waals surface area contributed by atoms with Gasteiger partial charge in [0.05, 0.1) is 4.92 Å². The molecule has 4 rings (SSSR count). The van der Waals surface area contributed by atoms with Crippen LogP contribution in [0, 0.1) is 10.1 Å². The van der Waals surface area contributed by atoms with E-state index < -0.39 is 4.92 Å². The number of carbonyl (C=O) groups excluding carboxylic acids is 1. The summed E-state index contributed by atoms with van der Waals surface area (Å²) in [5, 5.41) is 14.1. The Bertz CT molecular complexity index is 1020. The Kier molecular flexibility index (Phi) is 8.08. The summed E-state index contributed by atoms with van der Waals surface area (Å²) in [6, 6.07) is 12.2. The van der Waals surface area contributed by atoms with Gasteiger partial charge < -0.3 is 15.1 Å². The van der Waals surface area contributed by atoms with Gasteiger partial charge in [0.25, 0.3) is 5.69 Å². The number of nitrogens with one attached hydrogen (secondary N) is 1. The number of nitrogens with zero attached hydrogens (tertiary/aromatic N) is 5. The lowest BCUT2D eigenvalue weighted by atomic mass is 9.87. The molecule has 2 aliphatic heterocycles. The van der Waals surface area contributed by atoms with Crippen molar-refractivity contribution < 1.29 is 9.72 Å². The van der Waals surface area contributed by atoms with Gasteiger partial charge in [-0.1, -0.05) is 32.9 Å². The van der Waals surface area contributed by atoms with Crippen LogP contribution in [0.4, 0.5) is 17.2 Å². The number of benzene rings is 1. The summed E-state index contributed by atoms with van der Waals surface area (Å²) in [6.07, 6.45) is 3.51. The van der Waals surface area contributed by atoms with E-state index in [4.69, 9.17) is 0 Å². The molecule has 0 radical (unpaired) electrons. The lowest BCUT2D eigenvalue weighted by Crippen LogP contribution is -2.48. The van der Waals surface area contributed by atoms with E-state index >= 15 is 0 Å². The van der Waals surface area contributed by atoms with E-state index in [1.807, 2.05) is 4.90 Å². The fraction of sp³-hybridized carbons (Fsp3) is 0.556. The summed E-state index contributed by atoms with van der Waals surface area (Å²) in [4.78, 5) is 34.0. The molecule has 0 bridgehead atoms. The van der Waals surface area contributed by atoms with Crippen molar-refractivity contribution in [3.8, 4) is 0 Å². The summed E-state index contributed by atoms with van der Waals surface area (Å²) in [7, 11) is 0. The fourth-order valence-electron chi connectivity index (χ4n) is 4.88. The van der Waals surface area contributed by atoms with Crippen molar-refractivity contribution in [2.24, 2.45) is 0 Å². The van der Waals surface area contributed by atoms with Gasteiger partial charge >= 0.3 is 0 Å². The zero-order valence-electron chi connectivity index (χ0n) is 21.7. The zero-order valence-corrected chi connectivity index (χ0v) is 21.7. The van der Waals surface area contributed by atoms with Crippen LogP contribution in [0.5, 0.6) is 0 Å². The number of hydrogen-bond donors (Lipinski definition) is 1. The van der Waals surface area contributed by atoms with Crippen LogP contribution in [0.15, 0.2) is 42.6 Å². The highest BCUT2D eigenvalue weighted by molar-refractivity contribution is 5.76. The largest absolute Gasteiger partial charge is 0.369 e. The number of aromatic nitrogens is 1. The molecule has 0 saturated carbocycles.